The molecule has 1 amide bonds. The van der Waals surface area contributed by atoms with Gasteiger partial charge in [0.15, 0.2) is 5.82 Å². The number of nitrogens with one attached hydrogen (secondary N) is 1. The number of halogens is 6. The fourth-order valence-electron chi connectivity index (χ4n) is 4.14. The number of rotatable bonds is 6. The van der Waals surface area contributed by atoms with Gasteiger partial charge in [0.25, 0.3) is 5.91 Å². The molecule has 2 aromatic heterocycles. The Morgan fingerprint density at radius 2 is 1.70 bits per heavy atom. The Labute approximate surface area is 223 Å². The van der Waals surface area contributed by atoms with Crippen molar-refractivity contribution in [2.45, 2.75) is 37.3 Å². The summed E-state index contributed by atoms with van der Waals surface area (Å²) in [6.07, 6.45) is -1.02. The minimum absolute atomic E-state index is 0.0316. The van der Waals surface area contributed by atoms with Crippen LogP contribution in [0.4, 0.5) is 26.3 Å². The van der Waals surface area contributed by atoms with E-state index in [-0.39, 0.29) is 11.5 Å². The average Bonchev–Trinajstić information content (AvgIpc) is 3.45. The highest BCUT2D eigenvalue weighted by Gasteiger charge is 2.52. The molecule has 4 heterocycles. The van der Waals surface area contributed by atoms with E-state index in [0.717, 1.165) is 39.1 Å². The maximum absolute atomic E-state index is 12.2. The van der Waals surface area contributed by atoms with E-state index < -0.39 is 24.3 Å². The average molecular weight is 583 g/mol. The van der Waals surface area contributed by atoms with Crippen LogP contribution in [0.25, 0.3) is 0 Å². The van der Waals surface area contributed by atoms with Gasteiger partial charge in [-0.15, -0.1) is 0 Å². The molecule has 0 radical (unpaired) electrons. The van der Waals surface area contributed by atoms with Crippen molar-refractivity contribution in [3.8, 4) is 0 Å². The van der Waals surface area contributed by atoms with Crippen molar-refractivity contribution in [3.63, 3.8) is 0 Å². The number of hydrogen-bond donors (Lipinski definition) is 3. The van der Waals surface area contributed by atoms with Crippen LogP contribution in [0.1, 0.15) is 29.0 Å². The van der Waals surface area contributed by atoms with Crippen LogP contribution < -0.4 is 5.32 Å². The zero-order valence-corrected chi connectivity index (χ0v) is 21.1. The number of amides is 1. The number of aryl methyl sites for hydroxylation is 1. The summed E-state index contributed by atoms with van der Waals surface area (Å²) in [5.41, 5.74) is 1.20. The van der Waals surface area contributed by atoms with Gasteiger partial charge in [0.2, 0.25) is 0 Å². The molecule has 1 unspecified atom stereocenters. The smallest absolute Gasteiger partial charge is 0.475 e. The highest BCUT2D eigenvalue weighted by Crippen LogP contribution is 2.42. The monoisotopic (exact) mass is 583 g/mol. The number of ether oxygens (including phenoxy) is 1. The molecule has 0 saturated carbocycles. The predicted molar refractivity (Wildman–Crippen MR) is 124 cm³/mol. The first-order valence-corrected chi connectivity index (χ1v) is 11.7. The second-order valence-corrected chi connectivity index (χ2v) is 8.92. The van der Waals surface area contributed by atoms with E-state index in [1.807, 2.05) is 19.3 Å². The normalized spacial score (nSPS) is 18.0. The molecule has 2 fully saturated rings. The van der Waals surface area contributed by atoms with Gasteiger partial charge in [-0.05, 0) is 30.4 Å². The topological polar surface area (TPSA) is 147 Å². The Morgan fingerprint density at radius 1 is 1.10 bits per heavy atom. The quantitative estimate of drug-likeness (QED) is 0.437. The SMILES string of the molecule is Cn1ccnc1C(=O)NCCC1CCOC12CN(Cc1cccnc1)C2.O=C(O)C(F)(F)F.O=C(O)C(F)(F)F. The molecular formula is C23H27F6N5O6. The molecule has 11 nitrogen and oxygen atoms in total. The van der Waals surface area contributed by atoms with Gasteiger partial charge in [-0.1, -0.05) is 6.07 Å². The van der Waals surface area contributed by atoms with Gasteiger partial charge < -0.3 is 24.8 Å². The second kappa shape index (κ2) is 13.6. The molecule has 0 aromatic carbocycles. The summed E-state index contributed by atoms with van der Waals surface area (Å²) in [7, 11) is 1.83. The van der Waals surface area contributed by atoms with E-state index in [1.165, 1.54) is 5.56 Å². The number of carboxylic acids is 2. The van der Waals surface area contributed by atoms with Gasteiger partial charge in [0, 0.05) is 64.6 Å². The molecule has 2 aliphatic rings. The Morgan fingerprint density at radius 3 is 2.17 bits per heavy atom. The van der Waals surface area contributed by atoms with Gasteiger partial charge in [0.1, 0.15) is 0 Å². The number of hydrogen-bond acceptors (Lipinski definition) is 7. The van der Waals surface area contributed by atoms with Crippen LogP contribution >= 0.6 is 0 Å². The fourth-order valence-corrected chi connectivity index (χ4v) is 4.14. The maximum atomic E-state index is 12.2. The number of aromatic nitrogens is 3. The van der Waals surface area contributed by atoms with E-state index >= 15 is 0 Å². The number of likely N-dealkylation sites (tertiary alicyclic amines) is 1. The number of alkyl halides is 6. The first-order chi connectivity index (χ1) is 18.5. The van der Waals surface area contributed by atoms with Crippen molar-refractivity contribution in [3.05, 3.63) is 48.3 Å². The third-order valence-corrected chi connectivity index (χ3v) is 6.00. The largest absolute Gasteiger partial charge is 0.490 e. The van der Waals surface area contributed by atoms with Gasteiger partial charge in [-0.3, -0.25) is 14.7 Å². The van der Waals surface area contributed by atoms with Crippen molar-refractivity contribution in [1.29, 1.82) is 0 Å². The summed E-state index contributed by atoms with van der Waals surface area (Å²) >= 11 is 0. The van der Waals surface area contributed by atoms with E-state index in [2.05, 4.69) is 26.3 Å². The van der Waals surface area contributed by atoms with Crippen molar-refractivity contribution in [1.82, 2.24) is 24.8 Å². The molecule has 3 N–H and O–H groups in total. The lowest BCUT2D eigenvalue weighted by Gasteiger charge is -2.50. The third kappa shape index (κ3) is 9.48. The molecule has 4 rings (SSSR count). The molecule has 1 atom stereocenters. The van der Waals surface area contributed by atoms with Crippen LogP contribution in [0.15, 0.2) is 36.9 Å². The minimum Gasteiger partial charge on any atom is -0.475 e. The summed E-state index contributed by atoms with van der Waals surface area (Å²) in [6, 6.07) is 4.09. The fraction of sp³-hybridized carbons (Fsp3) is 0.522. The highest BCUT2D eigenvalue weighted by atomic mass is 19.4. The highest BCUT2D eigenvalue weighted by molar-refractivity contribution is 5.90. The Hall–Kier alpha value is -3.73. The second-order valence-electron chi connectivity index (χ2n) is 8.92. The van der Waals surface area contributed by atoms with Gasteiger partial charge in [0.05, 0.1) is 5.60 Å². The number of pyridine rings is 1. The number of nitrogens with zero attached hydrogens (tertiary/aromatic N) is 4. The summed E-state index contributed by atoms with van der Waals surface area (Å²) in [5, 5.41) is 17.2. The first-order valence-electron chi connectivity index (χ1n) is 11.7. The molecule has 2 aliphatic heterocycles. The molecule has 1 spiro atoms. The molecule has 2 aromatic rings. The first kappa shape index (κ1) is 32.5. The number of carbonyl (C=O) groups excluding carboxylic acids is 1. The van der Waals surface area contributed by atoms with E-state index in [1.54, 1.807) is 23.2 Å². The zero-order chi connectivity index (χ0) is 30.1. The van der Waals surface area contributed by atoms with E-state index in [0.29, 0.717) is 18.3 Å². The maximum Gasteiger partial charge on any atom is 0.490 e. The van der Waals surface area contributed by atoms with Crippen LogP contribution in [0.2, 0.25) is 0 Å². The molecule has 0 aliphatic carbocycles. The molecule has 17 heteroatoms. The molecule has 222 valence electrons. The summed E-state index contributed by atoms with van der Waals surface area (Å²) in [6.45, 7) is 4.31. The molecule has 40 heavy (non-hydrogen) atoms. The Bertz CT molecular complexity index is 1110. The van der Waals surface area contributed by atoms with Gasteiger partial charge in [-0.25, -0.2) is 14.6 Å². The Kier molecular flexibility index (Phi) is 11.0. The van der Waals surface area contributed by atoms with Crippen LogP contribution in [0, 0.1) is 5.92 Å². The molecule has 2 saturated heterocycles. The van der Waals surface area contributed by atoms with Crippen LogP contribution in [-0.2, 0) is 27.9 Å². The summed E-state index contributed by atoms with van der Waals surface area (Å²) in [4.78, 5) is 40.6. The predicted octanol–water partition coefficient (Wildman–Crippen LogP) is 2.49. The number of carbonyl (C=O) groups is 3. The van der Waals surface area contributed by atoms with E-state index in [9.17, 15) is 31.1 Å². The Balaban J connectivity index is 0.000000333. The van der Waals surface area contributed by atoms with Crippen LogP contribution in [0.3, 0.4) is 0 Å². The molecular weight excluding hydrogens is 556 g/mol. The summed E-state index contributed by atoms with van der Waals surface area (Å²) in [5.74, 6) is -4.68. The van der Waals surface area contributed by atoms with Crippen molar-refractivity contribution in [2.75, 3.05) is 26.2 Å². The van der Waals surface area contributed by atoms with Gasteiger partial charge >= 0.3 is 24.3 Å². The van der Waals surface area contributed by atoms with Crippen LogP contribution in [0.5, 0.6) is 0 Å². The minimum atomic E-state index is -5.08. The molecule has 0 bridgehead atoms. The zero-order valence-electron chi connectivity index (χ0n) is 21.1. The van der Waals surface area contributed by atoms with Crippen LogP contribution in [-0.4, -0.2) is 91.7 Å². The number of carboxylic acid groups (broad SMARTS) is 2. The third-order valence-electron chi connectivity index (χ3n) is 6.00. The number of aliphatic carboxylic acids is 2. The lowest BCUT2D eigenvalue weighted by molar-refractivity contribution is -0.193. The van der Waals surface area contributed by atoms with E-state index in [4.69, 9.17) is 24.5 Å². The number of imidazole rings is 1. The van der Waals surface area contributed by atoms with Crippen molar-refractivity contribution < 1.29 is 55.7 Å². The van der Waals surface area contributed by atoms with Gasteiger partial charge in [-0.2, -0.15) is 26.3 Å². The lowest BCUT2D eigenvalue weighted by atomic mass is 9.79. The lowest BCUT2D eigenvalue weighted by Crippen LogP contribution is -2.64. The summed E-state index contributed by atoms with van der Waals surface area (Å²) < 4.78 is 71.3. The van der Waals surface area contributed by atoms with Crippen molar-refractivity contribution >= 4 is 17.8 Å². The standard InChI is InChI=1S/C19H25N5O2.2C2HF3O2/c1-23-9-8-21-17(23)18(25)22-7-4-16-5-10-26-19(16)13-24(14-19)12-15-3-2-6-20-11-15;2*3-2(4,5)1(6)7/h2-3,6,8-9,11,16H,4-5,7,10,12-14H2,1H3,(H,22,25);2*(H,6,7). The van der Waals surface area contributed by atoms with Crippen molar-refractivity contribution in [2.24, 2.45) is 13.0 Å².